The monoisotopic (exact) mass is 550 g/mol. The molecule has 0 spiro atoms. The number of imidazole rings is 1. The summed E-state index contributed by atoms with van der Waals surface area (Å²) in [5.41, 5.74) is 1.87. The Hall–Kier alpha value is -2.39. The maximum atomic E-state index is 12.8. The molecule has 1 fully saturated rings. The minimum absolute atomic E-state index is 0. The lowest BCUT2D eigenvalue weighted by Crippen LogP contribution is -2.39. The lowest BCUT2D eigenvalue weighted by atomic mass is 9.96. The Labute approximate surface area is 228 Å². The number of halogens is 2. The summed E-state index contributed by atoms with van der Waals surface area (Å²) in [5, 5.41) is 4.19. The van der Waals surface area contributed by atoms with E-state index in [1.165, 1.54) is 11.8 Å². The number of aromatic nitrogens is 2. The van der Waals surface area contributed by atoms with Crippen molar-refractivity contribution in [2.75, 3.05) is 39.9 Å². The summed E-state index contributed by atoms with van der Waals surface area (Å²) in [7, 11) is 1.66. The van der Waals surface area contributed by atoms with Gasteiger partial charge in [-0.1, -0.05) is 17.8 Å². The van der Waals surface area contributed by atoms with E-state index in [1.807, 2.05) is 54.7 Å². The minimum atomic E-state index is 0. The summed E-state index contributed by atoms with van der Waals surface area (Å²) in [6.45, 7) is 4.62. The Morgan fingerprint density at radius 3 is 2.61 bits per heavy atom. The third-order valence-corrected chi connectivity index (χ3v) is 7.49. The summed E-state index contributed by atoms with van der Waals surface area (Å²) >= 11 is 1.51. The number of nitrogens with one attached hydrogen (secondary N) is 1. The molecule has 10 heteroatoms. The van der Waals surface area contributed by atoms with E-state index in [2.05, 4.69) is 19.6 Å². The second-order valence-corrected chi connectivity index (χ2v) is 9.79. The van der Waals surface area contributed by atoms with Gasteiger partial charge in [-0.25, -0.2) is 4.98 Å². The second kappa shape index (κ2) is 13.2. The first-order valence-corrected chi connectivity index (χ1v) is 12.6. The number of thioether (sulfide) groups is 1. The van der Waals surface area contributed by atoms with Crippen molar-refractivity contribution in [3.63, 3.8) is 0 Å². The molecule has 0 bridgehead atoms. The number of ether oxygens (including phenoxy) is 2. The Kier molecular flexibility index (Phi) is 10.4. The van der Waals surface area contributed by atoms with Crippen LogP contribution in [0.3, 0.4) is 0 Å². The smallest absolute Gasteiger partial charge is 0.258 e. The van der Waals surface area contributed by atoms with Gasteiger partial charge in [0.25, 0.3) is 5.91 Å². The lowest BCUT2D eigenvalue weighted by Gasteiger charge is -2.32. The molecule has 0 atom stereocenters. The average Bonchev–Trinajstić information content (AvgIpc) is 3.30. The van der Waals surface area contributed by atoms with Crippen LogP contribution in [0.15, 0.2) is 58.6 Å². The normalized spacial score (nSPS) is 15.4. The molecule has 36 heavy (non-hydrogen) atoms. The quantitative estimate of drug-likeness (QED) is 0.381. The summed E-state index contributed by atoms with van der Waals surface area (Å²) in [6.07, 6.45) is 6.98. The number of hydrogen-bond acceptors (Lipinski definition) is 6. The molecule has 5 rings (SSSR count). The molecular formula is C26H32Cl2N4O3S. The van der Waals surface area contributed by atoms with Gasteiger partial charge < -0.3 is 19.7 Å². The van der Waals surface area contributed by atoms with Crippen molar-refractivity contribution in [1.82, 2.24) is 19.6 Å². The van der Waals surface area contributed by atoms with Gasteiger partial charge in [-0.2, -0.15) is 0 Å². The van der Waals surface area contributed by atoms with Crippen molar-refractivity contribution < 1.29 is 14.3 Å². The maximum Gasteiger partial charge on any atom is 0.258 e. The van der Waals surface area contributed by atoms with Crippen LogP contribution in [0.2, 0.25) is 0 Å². The Morgan fingerprint density at radius 2 is 1.86 bits per heavy atom. The van der Waals surface area contributed by atoms with Gasteiger partial charge >= 0.3 is 0 Å². The molecule has 1 saturated heterocycles. The largest absolute Gasteiger partial charge is 0.497 e. The zero-order chi connectivity index (χ0) is 23.3. The summed E-state index contributed by atoms with van der Waals surface area (Å²) < 4.78 is 13.1. The maximum absolute atomic E-state index is 12.8. The number of piperidine rings is 1. The highest BCUT2D eigenvalue weighted by Crippen LogP contribution is 2.34. The molecule has 4 heterocycles. The first-order valence-electron chi connectivity index (χ1n) is 11.8. The molecule has 194 valence electrons. The lowest BCUT2D eigenvalue weighted by molar-refractivity contribution is -0.117. The first kappa shape index (κ1) is 28.2. The van der Waals surface area contributed by atoms with E-state index in [1.54, 1.807) is 7.11 Å². The first-order chi connectivity index (χ1) is 16.7. The number of methoxy groups -OCH3 is 1. The number of rotatable bonds is 9. The van der Waals surface area contributed by atoms with Crippen molar-refractivity contribution in [2.45, 2.75) is 24.3 Å². The van der Waals surface area contributed by atoms with Crippen molar-refractivity contribution >= 4 is 54.2 Å². The van der Waals surface area contributed by atoms with Crippen molar-refractivity contribution in [1.29, 1.82) is 0 Å². The predicted octanol–water partition coefficient (Wildman–Crippen LogP) is 4.93. The zero-order valence-corrected chi connectivity index (χ0v) is 22.7. The Balaban J connectivity index is 0.00000180. The number of carbonyl (C=O) groups is 1. The van der Waals surface area contributed by atoms with E-state index in [0.717, 1.165) is 78.2 Å². The van der Waals surface area contributed by atoms with E-state index in [0.29, 0.717) is 12.5 Å². The summed E-state index contributed by atoms with van der Waals surface area (Å²) in [4.78, 5) is 20.5. The molecule has 0 saturated carbocycles. The molecule has 1 amide bonds. The molecule has 2 aromatic heterocycles. The van der Waals surface area contributed by atoms with Gasteiger partial charge in [0.2, 0.25) is 0 Å². The summed E-state index contributed by atoms with van der Waals surface area (Å²) in [6, 6.07) is 13.7. The SMILES string of the molecule is COc1ccc(OCCCN2CCC(CNC(=O)C3=Cc4cnc5cccc(n45)S3)CC2)cc1.Cl.Cl. The zero-order valence-electron chi connectivity index (χ0n) is 20.2. The van der Waals surface area contributed by atoms with Crippen LogP contribution in [0.25, 0.3) is 11.7 Å². The van der Waals surface area contributed by atoms with Gasteiger partial charge in [-0.3, -0.25) is 9.20 Å². The van der Waals surface area contributed by atoms with Gasteiger partial charge in [0.15, 0.2) is 0 Å². The van der Waals surface area contributed by atoms with Gasteiger partial charge in [0.1, 0.15) is 17.1 Å². The number of amides is 1. The van der Waals surface area contributed by atoms with E-state index >= 15 is 0 Å². The number of pyridine rings is 1. The van der Waals surface area contributed by atoms with Gasteiger partial charge in [-0.05, 0) is 80.7 Å². The molecule has 3 aromatic rings. The highest BCUT2D eigenvalue weighted by Gasteiger charge is 2.23. The standard InChI is InChI=1S/C26H30N4O3S.2ClH/c1-32-21-6-8-22(9-7-21)33-15-3-12-29-13-10-19(11-14-29)17-28-26(31)23-16-20-18-27-24-4-2-5-25(34-23)30(20)24;;/h2,4-9,16,18-19H,3,10-15,17H2,1H3,(H,28,31);2*1H. The van der Waals surface area contributed by atoms with Gasteiger partial charge in [0, 0.05) is 13.1 Å². The number of nitrogens with zero attached hydrogens (tertiary/aromatic N) is 3. The van der Waals surface area contributed by atoms with Crippen LogP contribution in [-0.2, 0) is 4.79 Å². The third kappa shape index (κ3) is 6.68. The second-order valence-electron chi connectivity index (χ2n) is 8.72. The topological polar surface area (TPSA) is 68.1 Å². The Bertz CT molecular complexity index is 1180. The number of hydrogen-bond donors (Lipinski definition) is 1. The molecular weight excluding hydrogens is 519 g/mol. The number of carbonyl (C=O) groups excluding carboxylic acids is 1. The highest BCUT2D eigenvalue weighted by molar-refractivity contribution is 8.04. The fraction of sp³-hybridized carbons (Fsp3) is 0.385. The Morgan fingerprint density at radius 1 is 1.11 bits per heavy atom. The molecule has 2 aliphatic rings. The minimum Gasteiger partial charge on any atom is -0.497 e. The van der Waals surface area contributed by atoms with Crippen molar-refractivity contribution in [2.24, 2.45) is 5.92 Å². The van der Waals surface area contributed by atoms with Crippen LogP contribution < -0.4 is 14.8 Å². The highest BCUT2D eigenvalue weighted by atomic mass is 35.5. The fourth-order valence-electron chi connectivity index (χ4n) is 4.49. The molecule has 0 unspecified atom stereocenters. The fourth-order valence-corrected chi connectivity index (χ4v) is 5.49. The van der Waals surface area contributed by atoms with Crippen LogP contribution in [0.4, 0.5) is 0 Å². The van der Waals surface area contributed by atoms with Crippen LogP contribution >= 0.6 is 36.6 Å². The average molecular weight is 552 g/mol. The van der Waals surface area contributed by atoms with Crippen LogP contribution in [0, 0.1) is 5.92 Å². The van der Waals surface area contributed by atoms with Crippen LogP contribution in [0.5, 0.6) is 11.5 Å². The van der Waals surface area contributed by atoms with E-state index < -0.39 is 0 Å². The molecule has 0 aliphatic carbocycles. The van der Waals surface area contributed by atoms with Crippen molar-refractivity contribution in [3.8, 4) is 11.5 Å². The van der Waals surface area contributed by atoms with Crippen LogP contribution in [0.1, 0.15) is 25.0 Å². The van der Waals surface area contributed by atoms with E-state index in [-0.39, 0.29) is 30.7 Å². The molecule has 0 radical (unpaired) electrons. The molecule has 1 N–H and O–H groups in total. The van der Waals surface area contributed by atoms with Gasteiger partial charge in [0.05, 0.1) is 35.5 Å². The van der Waals surface area contributed by atoms with Crippen LogP contribution in [-0.4, -0.2) is 60.1 Å². The van der Waals surface area contributed by atoms with Crippen molar-refractivity contribution in [3.05, 3.63) is 59.3 Å². The van der Waals surface area contributed by atoms with Gasteiger partial charge in [-0.15, -0.1) is 24.8 Å². The molecule has 7 nitrogen and oxygen atoms in total. The summed E-state index contributed by atoms with van der Waals surface area (Å²) in [5.74, 6) is 2.25. The third-order valence-electron chi connectivity index (χ3n) is 6.44. The number of benzene rings is 1. The predicted molar refractivity (Wildman–Crippen MR) is 149 cm³/mol. The molecule has 1 aromatic carbocycles. The van der Waals surface area contributed by atoms with E-state index in [9.17, 15) is 4.79 Å². The number of likely N-dealkylation sites (tertiary alicyclic amines) is 1. The van der Waals surface area contributed by atoms with E-state index in [4.69, 9.17) is 9.47 Å². The molecule has 2 aliphatic heterocycles.